The lowest BCUT2D eigenvalue weighted by Crippen LogP contribution is -1.99. The maximum Gasteiger partial charge on any atom is 0.226 e. The first-order chi connectivity index (χ1) is 13.7. The molecule has 4 aromatic rings. The third-order valence-electron chi connectivity index (χ3n) is 4.50. The van der Waals surface area contributed by atoms with E-state index in [9.17, 15) is 0 Å². The van der Waals surface area contributed by atoms with Crippen molar-refractivity contribution in [3.63, 3.8) is 0 Å². The van der Waals surface area contributed by atoms with Crippen molar-refractivity contribution in [1.29, 1.82) is 0 Å². The number of aryl methyl sites for hydroxylation is 2. The fraction of sp³-hybridized carbons (Fsp3) is 0.227. The molecular weight excluding hydrogens is 352 g/mol. The van der Waals surface area contributed by atoms with Gasteiger partial charge in [-0.3, -0.25) is 0 Å². The maximum atomic E-state index is 5.40. The molecule has 4 rings (SSSR count). The fourth-order valence-corrected chi connectivity index (χ4v) is 3.05. The summed E-state index contributed by atoms with van der Waals surface area (Å²) in [6, 6.07) is 15.9. The number of methoxy groups -OCH3 is 1. The Balaban J connectivity index is 1.80. The van der Waals surface area contributed by atoms with Gasteiger partial charge in [0.15, 0.2) is 0 Å². The van der Waals surface area contributed by atoms with Crippen LogP contribution in [0.1, 0.15) is 24.8 Å². The third kappa shape index (κ3) is 3.67. The Labute approximate surface area is 163 Å². The van der Waals surface area contributed by atoms with Gasteiger partial charge in [0.1, 0.15) is 11.6 Å². The Hall–Kier alpha value is -3.41. The van der Waals surface area contributed by atoms with Crippen LogP contribution in [0.3, 0.4) is 0 Å². The van der Waals surface area contributed by atoms with Crippen molar-refractivity contribution in [3.8, 4) is 17.1 Å². The molecule has 0 saturated carbocycles. The molecule has 0 saturated heterocycles. The Morgan fingerprint density at radius 1 is 1.04 bits per heavy atom. The number of fused-ring (bicyclic) bond motifs is 1. The van der Waals surface area contributed by atoms with E-state index in [2.05, 4.69) is 47.5 Å². The van der Waals surface area contributed by atoms with Crippen molar-refractivity contribution >= 4 is 22.4 Å². The van der Waals surface area contributed by atoms with E-state index >= 15 is 0 Å². The summed E-state index contributed by atoms with van der Waals surface area (Å²) >= 11 is 0. The molecular formula is C22H22N4O2. The second kappa shape index (κ2) is 7.68. The largest absolute Gasteiger partial charge is 0.497 e. The quantitative estimate of drug-likeness (QED) is 0.494. The number of hydrogen-bond donors (Lipinski definition) is 1. The van der Waals surface area contributed by atoms with Crippen molar-refractivity contribution in [2.75, 3.05) is 12.4 Å². The number of aromatic nitrogens is 3. The van der Waals surface area contributed by atoms with E-state index < -0.39 is 0 Å². The summed E-state index contributed by atoms with van der Waals surface area (Å²) in [5.41, 5.74) is 3.79. The monoisotopic (exact) mass is 374 g/mol. The molecule has 0 atom stereocenters. The molecule has 2 heterocycles. The van der Waals surface area contributed by atoms with Gasteiger partial charge in [0.25, 0.3) is 0 Å². The third-order valence-corrected chi connectivity index (χ3v) is 4.50. The molecule has 0 radical (unpaired) electrons. The summed E-state index contributed by atoms with van der Waals surface area (Å²) in [4.78, 5) is 9.37. The van der Waals surface area contributed by atoms with Crippen LogP contribution in [-0.4, -0.2) is 22.2 Å². The van der Waals surface area contributed by atoms with Gasteiger partial charge in [-0.1, -0.05) is 23.7 Å². The van der Waals surface area contributed by atoms with Gasteiger partial charge in [-0.25, -0.2) is 4.98 Å². The predicted molar refractivity (Wildman–Crippen MR) is 110 cm³/mol. The van der Waals surface area contributed by atoms with E-state index in [-0.39, 0.29) is 0 Å². The second-order valence-electron chi connectivity index (χ2n) is 6.70. The molecule has 0 amide bonds. The van der Waals surface area contributed by atoms with Gasteiger partial charge in [-0.2, -0.15) is 4.98 Å². The van der Waals surface area contributed by atoms with Crippen LogP contribution in [-0.2, 0) is 6.42 Å². The summed E-state index contributed by atoms with van der Waals surface area (Å²) in [7, 11) is 1.65. The molecule has 0 aliphatic rings. The summed E-state index contributed by atoms with van der Waals surface area (Å²) < 4.78 is 10.6. The number of ether oxygens (including phenoxy) is 1. The highest BCUT2D eigenvalue weighted by atomic mass is 16.5. The molecule has 6 heteroatoms. The standard InChI is InChI=1S/C22H22N4O2/c1-4-5-20-25-22(26-28-20)18-13-15-12-14(2)6-11-19(15)24-21(18)23-16-7-9-17(27-3)10-8-16/h6-13H,4-5H2,1-3H3,(H,23,24). The minimum atomic E-state index is 0.537. The van der Waals surface area contributed by atoms with Crippen molar-refractivity contribution < 1.29 is 9.26 Å². The molecule has 1 N–H and O–H groups in total. The predicted octanol–water partition coefficient (Wildman–Crippen LogP) is 5.30. The van der Waals surface area contributed by atoms with E-state index in [1.165, 1.54) is 5.56 Å². The highest BCUT2D eigenvalue weighted by Gasteiger charge is 2.16. The van der Waals surface area contributed by atoms with Crippen molar-refractivity contribution in [2.45, 2.75) is 26.7 Å². The molecule has 0 aliphatic carbocycles. The molecule has 142 valence electrons. The van der Waals surface area contributed by atoms with Gasteiger partial charge < -0.3 is 14.6 Å². The number of anilines is 2. The number of nitrogens with one attached hydrogen (secondary N) is 1. The van der Waals surface area contributed by atoms with E-state index in [0.717, 1.165) is 40.7 Å². The average molecular weight is 374 g/mol. The van der Waals surface area contributed by atoms with Gasteiger partial charge in [-0.15, -0.1) is 0 Å². The van der Waals surface area contributed by atoms with Gasteiger partial charge in [0, 0.05) is 17.5 Å². The van der Waals surface area contributed by atoms with Crippen LogP contribution < -0.4 is 10.1 Å². The molecule has 0 bridgehead atoms. The van der Waals surface area contributed by atoms with E-state index in [4.69, 9.17) is 14.2 Å². The maximum absolute atomic E-state index is 5.40. The molecule has 2 aromatic heterocycles. The van der Waals surface area contributed by atoms with Crippen LogP contribution in [0.25, 0.3) is 22.3 Å². The zero-order chi connectivity index (χ0) is 19.5. The Bertz CT molecular complexity index is 1100. The Morgan fingerprint density at radius 2 is 1.86 bits per heavy atom. The number of nitrogens with zero attached hydrogens (tertiary/aromatic N) is 3. The van der Waals surface area contributed by atoms with Crippen molar-refractivity contribution in [1.82, 2.24) is 15.1 Å². The zero-order valence-electron chi connectivity index (χ0n) is 16.2. The second-order valence-corrected chi connectivity index (χ2v) is 6.70. The average Bonchev–Trinajstić information content (AvgIpc) is 3.17. The smallest absolute Gasteiger partial charge is 0.226 e. The zero-order valence-corrected chi connectivity index (χ0v) is 16.2. The highest BCUT2D eigenvalue weighted by molar-refractivity contribution is 5.89. The SMILES string of the molecule is CCCc1nc(-c2cc3cc(C)ccc3nc2Nc2ccc(OC)cc2)no1. The normalized spacial score (nSPS) is 11.0. The molecule has 6 nitrogen and oxygen atoms in total. The molecule has 0 aliphatic heterocycles. The number of benzene rings is 2. The van der Waals surface area contributed by atoms with Gasteiger partial charge in [-0.05, 0) is 55.8 Å². The van der Waals surface area contributed by atoms with Gasteiger partial charge >= 0.3 is 0 Å². The van der Waals surface area contributed by atoms with Gasteiger partial charge in [0.2, 0.25) is 11.7 Å². The molecule has 0 fully saturated rings. The summed E-state index contributed by atoms with van der Waals surface area (Å²) in [5.74, 6) is 2.66. The lowest BCUT2D eigenvalue weighted by atomic mass is 10.1. The van der Waals surface area contributed by atoms with Crippen LogP contribution in [0.2, 0.25) is 0 Å². The minimum absolute atomic E-state index is 0.537. The van der Waals surface area contributed by atoms with Crippen LogP contribution in [0.15, 0.2) is 53.1 Å². The molecule has 28 heavy (non-hydrogen) atoms. The molecule has 2 aromatic carbocycles. The summed E-state index contributed by atoms with van der Waals surface area (Å²) in [6.45, 7) is 4.15. The minimum Gasteiger partial charge on any atom is -0.497 e. The number of hydrogen-bond acceptors (Lipinski definition) is 6. The van der Waals surface area contributed by atoms with Crippen molar-refractivity contribution in [2.24, 2.45) is 0 Å². The van der Waals surface area contributed by atoms with Crippen LogP contribution >= 0.6 is 0 Å². The lowest BCUT2D eigenvalue weighted by Gasteiger charge is -2.11. The Morgan fingerprint density at radius 3 is 2.61 bits per heavy atom. The first-order valence-electron chi connectivity index (χ1n) is 9.31. The molecule has 0 unspecified atom stereocenters. The van der Waals surface area contributed by atoms with Crippen LogP contribution in [0.4, 0.5) is 11.5 Å². The first kappa shape index (κ1) is 18.0. The summed E-state index contributed by atoms with van der Waals surface area (Å²) in [5, 5.41) is 8.60. The number of rotatable bonds is 6. The topological polar surface area (TPSA) is 73.1 Å². The van der Waals surface area contributed by atoms with Crippen LogP contribution in [0.5, 0.6) is 5.75 Å². The Kier molecular flexibility index (Phi) is 4.93. The summed E-state index contributed by atoms with van der Waals surface area (Å²) in [6.07, 6.45) is 1.71. The molecule has 0 spiro atoms. The van der Waals surface area contributed by atoms with Crippen LogP contribution in [0, 0.1) is 6.92 Å². The fourth-order valence-electron chi connectivity index (χ4n) is 3.05. The van der Waals surface area contributed by atoms with E-state index in [0.29, 0.717) is 17.5 Å². The van der Waals surface area contributed by atoms with Gasteiger partial charge in [0.05, 0.1) is 18.2 Å². The van der Waals surface area contributed by atoms with E-state index in [1.54, 1.807) is 7.11 Å². The first-order valence-corrected chi connectivity index (χ1v) is 9.31. The van der Waals surface area contributed by atoms with E-state index in [1.807, 2.05) is 30.3 Å². The number of pyridine rings is 1. The van der Waals surface area contributed by atoms with Crippen molar-refractivity contribution in [3.05, 3.63) is 60.0 Å². The highest BCUT2D eigenvalue weighted by Crippen LogP contribution is 2.31. The lowest BCUT2D eigenvalue weighted by molar-refractivity contribution is 0.378.